The summed E-state index contributed by atoms with van der Waals surface area (Å²) in [6, 6.07) is 10.0. The first-order chi connectivity index (χ1) is 13.3. The summed E-state index contributed by atoms with van der Waals surface area (Å²) in [6.45, 7) is 3.95. The summed E-state index contributed by atoms with van der Waals surface area (Å²) in [5.74, 6) is 5.98. The summed E-state index contributed by atoms with van der Waals surface area (Å²) in [6.07, 6.45) is 1.68. The van der Waals surface area contributed by atoms with Gasteiger partial charge in [0.05, 0.1) is 5.52 Å². The van der Waals surface area contributed by atoms with Crippen molar-refractivity contribution in [3.05, 3.63) is 63.8 Å². The van der Waals surface area contributed by atoms with Gasteiger partial charge in [-0.05, 0) is 62.6 Å². The lowest BCUT2D eigenvalue weighted by Crippen LogP contribution is -2.28. The topological polar surface area (TPSA) is 69.2 Å². The molecule has 0 saturated carbocycles. The number of aromatic nitrogens is 2. The maximum atomic E-state index is 13.9. The number of halogens is 1. The Morgan fingerprint density at radius 3 is 2.89 bits per heavy atom. The van der Waals surface area contributed by atoms with Crippen LogP contribution in [0, 0.1) is 17.7 Å². The third-order valence-electron chi connectivity index (χ3n) is 4.68. The summed E-state index contributed by atoms with van der Waals surface area (Å²) in [5, 5.41) is 10.5. The molecule has 1 aromatic heterocycles. The van der Waals surface area contributed by atoms with Crippen LogP contribution in [0.2, 0.25) is 0 Å². The zero-order chi connectivity index (χ0) is 19.9. The van der Waals surface area contributed by atoms with Gasteiger partial charge in [0.2, 0.25) is 0 Å². The maximum Gasteiger partial charge on any atom is 0.347 e. The Bertz CT molecular complexity index is 1180. The minimum atomic E-state index is -1.08. The minimum Gasteiger partial charge on any atom is -0.378 e. The molecule has 142 valence electrons. The van der Waals surface area contributed by atoms with Crippen LogP contribution in [-0.2, 0) is 6.42 Å². The van der Waals surface area contributed by atoms with E-state index in [9.17, 15) is 14.3 Å². The molecule has 28 heavy (non-hydrogen) atoms. The van der Waals surface area contributed by atoms with Gasteiger partial charge in [-0.25, -0.2) is 9.18 Å². The van der Waals surface area contributed by atoms with Crippen molar-refractivity contribution in [3.63, 3.8) is 0 Å². The molecule has 2 N–H and O–H groups in total. The molecular formula is C22H20FN3O2. The summed E-state index contributed by atoms with van der Waals surface area (Å²) in [4.78, 5) is 20.8. The van der Waals surface area contributed by atoms with Crippen molar-refractivity contribution in [2.75, 3.05) is 11.4 Å². The number of fused-ring (bicyclic) bond motifs is 2. The van der Waals surface area contributed by atoms with Gasteiger partial charge < -0.3 is 15.0 Å². The number of H-pyrrole nitrogens is 1. The number of anilines is 2. The van der Waals surface area contributed by atoms with Gasteiger partial charge in [-0.15, -0.1) is 0 Å². The first kappa shape index (κ1) is 18.2. The summed E-state index contributed by atoms with van der Waals surface area (Å²) in [5.41, 5.74) is 1.76. The van der Waals surface area contributed by atoms with Crippen molar-refractivity contribution in [1.82, 2.24) is 9.97 Å². The molecule has 0 bridgehead atoms. The Morgan fingerprint density at radius 2 is 2.11 bits per heavy atom. The molecule has 0 atom stereocenters. The number of aliphatic hydroxyl groups is 1. The highest BCUT2D eigenvalue weighted by molar-refractivity contribution is 5.92. The normalized spacial score (nSPS) is 13.8. The summed E-state index contributed by atoms with van der Waals surface area (Å²) in [7, 11) is 0. The highest BCUT2D eigenvalue weighted by atomic mass is 19.1. The predicted molar refractivity (Wildman–Crippen MR) is 107 cm³/mol. The van der Waals surface area contributed by atoms with E-state index in [2.05, 4.69) is 21.8 Å². The third-order valence-corrected chi connectivity index (χ3v) is 4.68. The van der Waals surface area contributed by atoms with Gasteiger partial charge >= 0.3 is 5.69 Å². The van der Waals surface area contributed by atoms with Crippen LogP contribution in [0.15, 0.2) is 41.2 Å². The van der Waals surface area contributed by atoms with E-state index < -0.39 is 11.3 Å². The van der Waals surface area contributed by atoms with Crippen LogP contribution in [0.3, 0.4) is 0 Å². The SMILES string of the molecule is CC(C)(O)C#Cc1cccc2c1CCCN2c1nc(=O)[nH]c2ccc(F)cc12. The summed E-state index contributed by atoms with van der Waals surface area (Å²) >= 11 is 0. The molecule has 0 spiro atoms. The smallest absolute Gasteiger partial charge is 0.347 e. The molecule has 0 aliphatic carbocycles. The van der Waals surface area contributed by atoms with Gasteiger partial charge in [-0.2, -0.15) is 4.98 Å². The van der Waals surface area contributed by atoms with Crippen molar-refractivity contribution in [2.24, 2.45) is 0 Å². The molecule has 0 fully saturated rings. The molecule has 0 amide bonds. The summed E-state index contributed by atoms with van der Waals surface area (Å²) < 4.78 is 13.9. The Balaban J connectivity index is 1.90. The van der Waals surface area contributed by atoms with E-state index in [0.717, 1.165) is 29.7 Å². The van der Waals surface area contributed by atoms with Crippen LogP contribution in [-0.4, -0.2) is 27.2 Å². The second-order valence-corrected chi connectivity index (χ2v) is 7.42. The Hall–Kier alpha value is -3.17. The number of nitrogens with one attached hydrogen (secondary N) is 1. The molecule has 5 nitrogen and oxygen atoms in total. The fourth-order valence-electron chi connectivity index (χ4n) is 3.50. The molecule has 0 saturated heterocycles. The molecule has 4 rings (SSSR count). The van der Waals surface area contributed by atoms with E-state index in [1.54, 1.807) is 19.9 Å². The van der Waals surface area contributed by atoms with E-state index in [0.29, 0.717) is 23.3 Å². The molecule has 1 aliphatic rings. The predicted octanol–water partition coefficient (Wildman–Crippen LogP) is 3.27. The second kappa shape index (κ2) is 6.77. The van der Waals surface area contributed by atoms with Gasteiger partial charge in [0, 0.05) is 23.2 Å². The number of hydrogen-bond acceptors (Lipinski definition) is 4. The zero-order valence-electron chi connectivity index (χ0n) is 15.7. The number of rotatable bonds is 1. The van der Waals surface area contributed by atoms with Gasteiger partial charge in [-0.1, -0.05) is 17.9 Å². The van der Waals surface area contributed by atoms with Crippen molar-refractivity contribution in [2.45, 2.75) is 32.3 Å². The fraction of sp³-hybridized carbons (Fsp3) is 0.273. The van der Waals surface area contributed by atoms with Gasteiger partial charge in [-0.3, -0.25) is 0 Å². The monoisotopic (exact) mass is 377 g/mol. The quantitative estimate of drug-likeness (QED) is 0.639. The third kappa shape index (κ3) is 3.49. The van der Waals surface area contributed by atoms with Gasteiger partial charge in [0.25, 0.3) is 0 Å². The van der Waals surface area contributed by atoms with Crippen molar-refractivity contribution < 1.29 is 9.50 Å². The molecular weight excluding hydrogens is 357 g/mol. The number of aromatic amines is 1. The van der Waals surface area contributed by atoms with Crippen molar-refractivity contribution in [3.8, 4) is 11.8 Å². The Kier molecular flexibility index (Phi) is 4.40. The number of nitrogens with zero attached hydrogens (tertiary/aromatic N) is 2. The maximum absolute atomic E-state index is 13.9. The Labute approximate surface area is 161 Å². The first-order valence-corrected chi connectivity index (χ1v) is 9.16. The number of hydrogen-bond donors (Lipinski definition) is 2. The highest BCUT2D eigenvalue weighted by Gasteiger charge is 2.23. The van der Waals surface area contributed by atoms with Crippen LogP contribution < -0.4 is 10.6 Å². The van der Waals surface area contributed by atoms with Crippen LogP contribution in [0.25, 0.3) is 10.9 Å². The zero-order valence-corrected chi connectivity index (χ0v) is 15.7. The lowest BCUT2D eigenvalue weighted by molar-refractivity contribution is 0.143. The Morgan fingerprint density at radius 1 is 1.29 bits per heavy atom. The number of benzene rings is 2. The van der Waals surface area contributed by atoms with Gasteiger partial charge in [0.15, 0.2) is 0 Å². The molecule has 3 aromatic rings. The first-order valence-electron chi connectivity index (χ1n) is 9.16. The molecule has 2 heterocycles. The molecule has 2 aromatic carbocycles. The lowest BCUT2D eigenvalue weighted by Gasteiger charge is -2.31. The van der Waals surface area contributed by atoms with Crippen LogP contribution in [0.1, 0.15) is 31.4 Å². The van der Waals surface area contributed by atoms with E-state index in [4.69, 9.17) is 0 Å². The molecule has 0 unspecified atom stereocenters. The largest absolute Gasteiger partial charge is 0.378 e. The van der Waals surface area contributed by atoms with E-state index in [1.807, 2.05) is 23.1 Å². The average molecular weight is 377 g/mol. The van der Waals surface area contributed by atoms with Crippen LogP contribution in [0.5, 0.6) is 0 Å². The van der Waals surface area contributed by atoms with Crippen LogP contribution >= 0.6 is 0 Å². The van der Waals surface area contributed by atoms with E-state index in [1.165, 1.54) is 12.1 Å². The second-order valence-electron chi connectivity index (χ2n) is 7.42. The van der Waals surface area contributed by atoms with E-state index >= 15 is 0 Å². The molecule has 6 heteroatoms. The fourth-order valence-corrected chi connectivity index (χ4v) is 3.50. The highest BCUT2D eigenvalue weighted by Crippen LogP contribution is 2.36. The average Bonchev–Trinajstić information content (AvgIpc) is 2.65. The minimum absolute atomic E-state index is 0.385. The van der Waals surface area contributed by atoms with Gasteiger partial charge in [0.1, 0.15) is 17.2 Å². The van der Waals surface area contributed by atoms with E-state index in [-0.39, 0.29) is 5.82 Å². The molecule has 1 aliphatic heterocycles. The van der Waals surface area contributed by atoms with Crippen LogP contribution in [0.4, 0.5) is 15.9 Å². The standard InChI is InChI=1S/C22H20FN3O2/c1-22(2,28)11-10-14-5-3-7-19-16(14)6-4-12-26(19)20-17-13-15(23)8-9-18(17)24-21(27)25-20/h3,5,7-9,13,28H,4,6,12H2,1-2H3,(H,24,25,27). The molecule has 0 radical (unpaired) electrons. The van der Waals surface area contributed by atoms with Crippen molar-refractivity contribution in [1.29, 1.82) is 0 Å². The van der Waals surface area contributed by atoms with Crippen molar-refractivity contribution >= 4 is 22.4 Å². The lowest BCUT2D eigenvalue weighted by atomic mass is 9.95.